The van der Waals surface area contributed by atoms with Gasteiger partial charge >= 0.3 is 17.9 Å². The molecule has 0 bridgehead atoms. The monoisotopic (exact) mass is 306 g/mol. The number of rotatable bonds is 4. The van der Waals surface area contributed by atoms with Gasteiger partial charge in [0.2, 0.25) is 0 Å². The fraction of sp³-hybridized carbons (Fsp3) is 0.750. The Morgan fingerprint density at radius 1 is 0.952 bits per heavy atom. The highest BCUT2D eigenvalue weighted by molar-refractivity contribution is 5.67. The third kappa shape index (κ3) is 4.96. The SMILES string of the molecule is CC(=O)OCC1O[C@H](O)C(OC(C)=O)C(OC(C)=O)[C@@H]1O. The first-order chi connectivity index (χ1) is 9.72. The van der Waals surface area contributed by atoms with Crippen molar-refractivity contribution in [3.05, 3.63) is 0 Å². The standard InChI is InChI=1S/C12H18O9/c1-5(13)18-4-8-9(16)10(19-6(2)14)11(12(17)21-8)20-7(3)15/h8-12,16-17H,4H2,1-3H3/t8?,9-,10?,11?,12+/m1/s1. The predicted molar refractivity (Wildman–Crippen MR) is 64.6 cm³/mol. The molecule has 1 saturated heterocycles. The highest BCUT2D eigenvalue weighted by atomic mass is 16.7. The van der Waals surface area contributed by atoms with Crippen molar-refractivity contribution in [1.29, 1.82) is 0 Å². The summed E-state index contributed by atoms with van der Waals surface area (Å²) >= 11 is 0. The summed E-state index contributed by atoms with van der Waals surface area (Å²) in [6, 6.07) is 0. The fourth-order valence-corrected chi connectivity index (χ4v) is 1.89. The van der Waals surface area contributed by atoms with Gasteiger partial charge in [-0.3, -0.25) is 14.4 Å². The van der Waals surface area contributed by atoms with Gasteiger partial charge < -0.3 is 29.2 Å². The average molecular weight is 306 g/mol. The Hall–Kier alpha value is -1.71. The van der Waals surface area contributed by atoms with Gasteiger partial charge in [-0.25, -0.2) is 0 Å². The normalized spacial score (nSPS) is 32.1. The van der Waals surface area contributed by atoms with E-state index in [1.54, 1.807) is 0 Å². The Morgan fingerprint density at radius 3 is 1.95 bits per heavy atom. The predicted octanol–water partition coefficient (Wildman–Crippen LogP) is -1.51. The van der Waals surface area contributed by atoms with Crippen LogP contribution in [0.1, 0.15) is 20.8 Å². The first-order valence-electron chi connectivity index (χ1n) is 6.21. The average Bonchev–Trinajstić information content (AvgIpc) is 2.35. The molecule has 0 aliphatic carbocycles. The van der Waals surface area contributed by atoms with Crippen LogP contribution in [0.5, 0.6) is 0 Å². The van der Waals surface area contributed by atoms with E-state index in [0.717, 1.165) is 20.8 Å². The summed E-state index contributed by atoms with van der Waals surface area (Å²) in [4.78, 5) is 32.9. The second kappa shape index (κ2) is 7.34. The lowest BCUT2D eigenvalue weighted by atomic mass is 9.98. The van der Waals surface area contributed by atoms with Crippen molar-refractivity contribution in [2.45, 2.75) is 51.5 Å². The van der Waals surface area contributed by atoms with E-state index in [-0.39, 0.29) is 6.61 Å². The van der Waals surface area contributed by atoms with Gasteiger partial charge in [0.15, 0.2) is 18.5 Å². The van der Waals surface area contributed by atoms with Crippen LogP contribution in [0.25, 0.3) is 0 Å². The summed E-state index contributed by atoms with van der Waals surface area (Å²) < 4.78 is 19.4. The van der Waals surface area contributed by atoms with Crippen LogP contribution in [0.15, 0.2) is 0 Å². The molecule has 0 aromatic heterocycles. The van der Waals surface area contributed by atoms with E-state index in [1.165, 1.54) is 0 Å². The van der Waals surface area contributed by atoms with Crippen molar-refractivity contribution < 1.29 is 43.5 Å². The van der Waals surface area contributed by atoms with Crippen LogP contribution >= 0.6 is 0 Å². The summed E-state index contributed by atoms with van der Waals surface area (Å²) in [6.07, 6.45) is -6.92. The fourth-order valence-electron chi connectivity index (χ4n) is 1.89. The highest BCUT2D eigenvalue weighted by Crippen LogP contribution is 2.25. The molecule has 9 heteroatoms. The Labute approximate surface area is 120 Å². The van der Waals surface area contributed by atoms with Crippen molar-refractivity contribution >= 4 is 17.9 Å². The highest BCUT2D eigenvalue weighted by Gasteiger charge is 2.49. The number of hydrogen-bond donors (Lipinski definition) is 2. The minimum absolute atomic E-state index is 0.349. The lowest BCUT2D eigenvalue weighted by molar-refractivity contribution is -0.293. The van der Waals surface area contributed by atoms with E-state index >= 15 is 0 Å². The maximum absolute atomic E-state index is 11.1. The number of ether oxygens (including phenoxy) is 4. The molecule has 1 fully saturated rings. The summed E-state index contributed by atoms with van der Waals surface area (Å²) in [5, 5.41) is 19.9. The largest absolute Gasteiger partial charge is 0.463 e. The van der Waals surface area contributed by atoms with E-state index in [9.17, 15) is 24.6 Å². The summed E-state index contributed by atoms with van der Waals surface area (Å²) in [5.74, 6) is -2.09. The third-order valence-corrected chi connectivity index (χ3v) is 2.69. The minimum atomic E-state index is -1.64. The third-order valence-electron chi connectivity index (χ3n) is 2.69. The lowest BCUT2D eigenvalue weighted by Crippen LogP contribution is -2.61. The molecule has 1 rings (SSSR count). The van der Waals surface area contributed by atoms with Gasteiger partial charge in [-0.05, 0) is 0 Å². The number of carbonyl (C=O) groups excluding carboxylic acids is 3. The van der Waals surface area contributed by atoms with Crippen molar-refractivity contribution in [3.8, 4) is 0 Å². The quantitative estimate of drug-likeness (QED) is 0.470. The Morgan fingerprint density at radius 2 is 1.48 bits per heavy atom. The van der Waals surface area contributed by atoms with E-state index in [1.807, 2.05) is 0 Å². The molecule has 1 heterocycles. The molecule has 5 atom stereocenters. The molecule has 3 unspecified atom stereocenters. The molecule has 2 N–H and O–H groups in total. The van der Waals surface area contributed by atoms with Gasteiger partial charge in [0.25, 0.3) is 0 Å². The first-order valence-corrected chi connectivity index (χ1v) is 6.21. The van der Waals surface area contributed by atoms with E-state index in [0.29, 0.717) is 0 Å². The van der Waals surface area contributed by atoms with Crippen molar-refractivity contribution in [2.24, 2.45) is 0 Å². The summed E-state index contributed by atoms with van der Waals surface area (Å²) in [5.41, 5.74) is 0. The Balaban J connectivity index is 2.87. The van der Waals surface area contributed by atoms with Crippen molar-refractivity contribution in [2.75, 3.05) is 6.61 Å². The van der Waals surface area contributed by atoms with E-state index < -0.39 is 48.6 Å². The number of aliphatic hydroxyl groups excluding tert-OH is 2. The van der Waals surface area contributed by atoms with Gasteiger partial charge in [0.1, 0.15) is 18.8 Å². The van der Waals surface area contributed by atoms with Gasteiger partial charge in [-0.2, -0.15) is 0 Å². The smallest absolute Gasteiger partial charge is 0.303 e. The molecular weight excluding hydrogens is 288 g/mol. The topological polar surface area (TPSA) is 129 Å². The zero-order valence-electron chi connectivity index (χ0n) is 11.8. The maximum atomic E-state index is 11.1. The molecule has 0 aromatic rings. The second-order valence-corrected chi connectivity index (χ2v) is 4.51. The second-order valence-electron chi connectivity index (χ2n) is 4.51. The zero-order valence-corrected chi connectivity index (χ0v) is 11.8. The molecule has 120 valence electrons. The molecule has 0 radical (unpaired) electrons. The van der Waals surface area contributed by atoms with Crippen LogP contribution < -0.4 is 0 Å². The Kier molecular flexibility index (Phi) is 6.06. The van der Waals surface area contributed by atoms with Gasteiger partial charge in [0, 0.05) is 20.8 Å². The van der Waals surface area contributed by atoms with Crippen LogP contribution in [0.2, 0.25) is 0 Å². The van der Waals surface area contributed by atoms with Crippen LogP contribution in [-0.4, -0.2) is 65.4 Å². The van der Waals surface area contributed by atoms with Crippen LogP contribution in [0, 0.1) is 0 Å². The zero-order chi connectivity index (χ0) is 16.2. The van der Waals surface area contributed by atoms with Crippen LogP contribution in [0.3, 0.4) is 0 Å². The van der Waals surface area contributed by atoms with Gasteiger partial charge in [-0.15, -0.1) is 0 Å². The molecule has 0 saturated carbocycles. The number of aliphatic hydroxyl groups is 2. The first kappa shape index (κ1) is 17.3. The lowest BCUT2D eigenvalue weighted by Gasteiger charge is -2.41. The summed E-state index contributed by atoms with van der Waals surface area (Å²) in [7, 11) is 0. The maximum Gasteiger partial charge on any atom is 0.303 e. The molecule has 9 nitrogen and oxygen atoms in total. The van der Waals surface area contributed by atoms with Gasteiger partial charge in [0.05, 0.1) is 0 Å². The minimum Gasteiger partial charge on any atom is -0.463 e. The van der Waals surface area contributed by atoms with Crippen LogP contribution in [-0.2, 0) is 33.3 Å². The van der Waals surface area contributed by atoms with Crippen LogP contribution in [0.4, 0.5) is 0 Å². The number of hydrogen-bond acceptors (Lipinski definition) is 9. The molecule has 0 aromatic carbocycles. The molecular formula is C12H18O9. The molecule has 0 amide bonds. The molecule has 0 spiro atoms. The van der Waals surface area contributed by atoms with E-state index in [2.05, 4.69) is 4.74 Å². The number of carbonyl (C=O) groups is 3. The molecule has 1 aliphatic heterocycles. The van der Waals surface area contributed by atoms with Crippen molar-refractivity contribution in [1.82, 2.24) is 0 Å². The van der Waals surface area contributed by atoms with Gasteiger partial charge in [-0.1, -0.05) is 0 Å². The van der Waals surface area contributed by atoms with Crippen molar-refractivity contribution in [3.63, 3.8) is 0 Å². The molecule has 21 heavy (non-hydrogen) atoms. The summed E-state index contributed by atoms with van der Waals surface area (Å²) in [6.45, 7) is 3.00. The number of esters is 3. The Bertz CT molecular complexity index is 408. The van der Waals surface area contributed by atoms with E-state index in [4.69, 9.17) is 14.2 Å². The molecule has 1 aliphatic rings.